The third-order valence-electron chi connectivity index (χ3n) is 1.91. The maximum Gasteiger partial charge on any atom is 0.126 e. The lowest BCUT2D eigenvalue weighted by Crippen LogP contribution is -2.16. The predicted octanol–water partition coefficient (Wildman–Crippen LogP) is 1.13. The second-order valence-electron chi connectivity index (χ2n) is 2.74. The van der Waals surface area contributed by atoms with Crippen LogP contribution in [0.4, 0.5) is 4.39 Å². The molecule has 0 aromatic heterocycles. The van der Waals surface area contributed by atoms with Crippen molar-refractivity contribution in [3.63, 3.8) is 0 Å². The zero-order valence-electron chi connectivity index (χ0n) is 6.92. The van der Waals surface area contributed by atoms with Crippen molar-refractivity contribution >= 4 is 0 Å². The molecule has 0 spiro atoms. The molecule has 66 valence electrons. The number of aliphatic hydroxyl groups is 1. The molecule has 3 N–H and O–H groups in total. The van der Waals surface area contributed by atoms with E-state index in [1.165, 1.54) is 6.07 Å². The Balaban J connectivity index is 3.07. The molecule has 12 heavy (non-hydrogen) atoms. The van der Waals surface area contributed by atoms with Gasteiger partial charge in [0, 0.05) is 0 Å². The van der Waals surface area contributed by atoms with E-state index in [1.807, 2.05) is 0 Å². The Bertz CT molecular complexity index is 275. The molecule has 0 amide bonds. The fourth-order valence-corrected chi connectivity index (χ4v) is 1.12. The zero-order valence-corrected chi connectivity index (χ0v) is 6.92. The van der Waals surface area contributed by atoms with Crippen LogP contribution in [0.25, 0.3) is 0 Å². The molecule has 0 unspecified atom stereocenters. The quantitative estimate of drug-likeness (QED) is 0.697. The van der Waals surface area contributed by atoms with Gasteiger partial charge in [-0.3, -0.25) is 0 Å². The summed E-state index contributed by atoms with van der Waals surface area (Å²) in [5.74, 6) is -0.281. The number of hydrogen-bond acceptors (Lipinski definition) is 2. The van der Waals surface area contributed by atoms with Crippen LogP contribution in [0.15, 0.2) is 18.2 Å². The average molecular weight is 169 g/mol. The van der Waals surface area contributed by atoms with Gasteiger partial charge in [-0.1, -0.05) is 12.1 Å². The monoisotopic (exact) mass is 169 g/mol. The van der Waals surface area contributed by atoms with Crippen LogP contribution in [0.3, 0.4) is 0 Å². The Kier molecular flexibility index (Phi) is 2.78. The van der Waals surface area contributed by atoms with Crippen LogP contribution in [0, 0.1) is 12.7 Å². The van der Waals surface area contributed by atoms with Crippen LogP contribution in [0.2, 0.25) is 0 Å². The Labute approximate surface area is 70.8 Å². The molecule has 0 aliphatic carbocycles. The minimum atomic E-state index is -0.485. The minimum Gasteiger partial charge on any atom is -0.394 e. The van der Waals surface area contributed by atoms with Crippen molar-refractivity contribution in [3.8, 4) is 0 Å². The van der Waals surface area contributed by atoms with Gasteiger partial charge in [0.25, 0.3) is 0 Å². The van der Waals surface area contributed by atoms with Crippen molar-refractivity contribution < 1.29 is 9.50 Å². The van der Waals surface area contributed by atoms with Crippen molar-refractivity contribution in [2.75, 3.05) is 6.61 Å². The zero-order chi connectivity index (χ0) is 9.14. The van der Waals surface area contributed by atoms with E-state index in [-0.39, 0.29) is 12.4 Å². The third-order valence-corrected chi connectivity index (χ3v) is 1.91. The van der Waals surface area contributed by atoms with Gasteiger partial charge in [0.1, 0.15) is 5.82 Å². The smallest absolute Gasteiger partial charge is 0.126 e. The van der Waals surface area contributed by atoms with E-state index in [1.54, 1.807) is 19.1 Å². The predicted molar refractivity (Wildman–Crippen MR) is 45.2 cm³/mol. The topological polar surface area (TPSA) is 46.2 Å². The van der Waals surface area contributed by atoms with E-state index in [0.29, 0.717) is 11.1 Å². The van der Waals surface area contributed by atoms with Gasteiger partial charge >= 0.3 is 0 Å². The summed E-state index contributed by atoms with van der Waals surface area (Å²) >= 11 is 0. The second kappa shape index (κ2) is 3.65. The first kappa shape index (κ1) is 9.16. The summed E-state index contributed by atoms with van der Waals surface area (Å²) in [5, 5.41) is 8.76. The lowest BCUT2D eigenvalue weighted by molar-refractivity contribution is 0.267. The van der Waals surface area contributed by atoms with Crippen molar-refractivity contribution in [1.82, 2.24) is 0 Å². The fourth-order valence-electron chi connectivity index (χ4n) is 1.12. The largest absolute Gasteiger partial charge is 0.394 e. The highest BCUT2D eigenvalue weighted by atomic mass is 19.1. The summed E-state index contributed by atoms with van der Waals surface area (Å²) in [4.78, 5) is 0. The average Bonchev–Trinajstić information content (AvgIpc) is 2.08. The van der Waals surface area contributed by atoms with Gasteiger partial charge in [0.15, 0.2) is 0 Å². The van der Waals surface area contributed by atoms with Crippen LogP contribution in [0.5, 0.6) is 0 Å². The normalized spacial score (nSPS) is 13.0. The first-order valence-corrected chi connectivity index (χ1v) is 3.78. The summed E-state index contributed by atoms with van der Waals surface area (Å²) in [5.41, 5.74) is 6.72. The number of halogens is 1. The molecule has 0 saturated heterocycles. The summed E-state index contributed by atoms with van der Waals surface area (Å²) < 4.78 is 12.9. The van der Waals surface area contributed by atoms with Crippen LogP contribution >= 0.6 is 0 Å². The van der Waals surface area contributed by atoms with Gasteiger partial charge < -0.3 is 10.8 Å². The SMILES string of the molecule is Cc1c(F)cccc1[C@@H](N)CO. The molecule has 1 atom stereocenters. The summed E-state index contributed by atoms with van der Waals surface area (Å²) in [6.07, 6.45) is 0. The van der Waals surface area contributed by atoms with Crippen LogP contribution in [0.1, 0.15) is 17.2 Å². The van der Waals surface area contributed by atoms with E-state index in [2.05, 4.69) is 0 Å². The van der Waals surface area contributed by atoms with Crippen molar-refractivity contribution in [2.45, 2.75) is 13.0 Å². The Morgan fingerprint density at radius 2 is 2.25 bits per heavy atom. The maximum absolute atomic E-state index is 12.9. The Morgan fingerprint density at radius 3 is 2.83 bits per heavy atom. The number of nitrogens with two attached hydrogens (primary N) is 1. The van der Waals surface area contributed by atoms with Gasteiger partial charge in [-0.25, -0.2) is 4.39 Å². The summed E-state index contributed by atoms with van der Waals surface area (Å²) in [6, 6.07) is 4.20. The van der Waals surface area contributed by atoms with Crippen LogP contribution in [-0.2, 0) is 0 Å². The van der Waals surface area contributed by atoms with Crippen molar-refractivity contribution in [1.29, 1.82) is 0 Å². The third kappa shape index (κ3) is 1.62. The maximum atomic E-state index is 12.9. The number of rotatable bonds is 2. The molecule has 0 fully saturated rings. The van der Waals surface area contributed by atoms with Gasteiger partial charge in [-0.2, -0.15) is 0 Å². The molecule has 0 aliphatic rings. The standard InChI is InChI=1S/C9H12FNO/c1-6-7(9(11)5-12)3-2-4-8(6)10/h2-4,9,12H,5,11H2,1H3/t9-/m0/s1. The summed E-state index contributed by atoms with van der Waals surface area (Å²) in [6.45, 7) is 1.49. The first-order valence-electron chi connectivity index (χ1n) is 3.78. The molecule has 1 aromatic carbocycles. The minimum absolute atomic E-state index is 0.162. The molecule has 0 bridgehead atoms. The van der Waals surface area contributed by atoms with E-state index in [4.69, 9.17) is 10.8 Å². The first-order chi connectivity index (χ1) is 5.66. The lowest BCUT2D eigenvalue weighted by Gasteiger charge is -2.11. The molecule has 3 heteroatoms. The highest BCUT2D eigenvalue weighted by Crippen LogP contribution is 2.17. The molecule has 0 aliphatic heterocycles. The van der Waals surface area contributed by atoms with Crippen molar-refractivity contribution in [3.05, 3.63) is 35.1 Å². The Hall–Kier alpha value is -0.930. The Morgan fingerprint density at radius 1 is 1.58 bits per heavy atom. The summed E-state index contributed by atoms with van der Waals surface area (Å²) in [7, 11) is 0. The molecule has 2 nitrogen and oxygen atoms in total. The molecular formula is C9H12FNO. The van der Waals surface area contributed by atoms with E-state index < -0.39 is 6.04 Å². The van der Waals surface area contributed by atoms with Crippen LogP contribution < -0.4 is 5.73 Å². The number of aliphatic hydroxyl groups excluding tert-OH is 1. The van der Waals surface area contributed by atoms with Gasteiger partial charge in [0.2, 0.25) is 0 Å². The molecule has 1 aromatic rings. The molecule has 0 saturated carbocycles. The van der Waals surface area contributed by atoms with Gasteiger partial charge in [0.05, 0.1) is 12.6 Å². The fraction of sp³-hybridized carbons (Fsp3) is 0.333. The highest BCUT2D eigenvalue weighted by Gasteiger charge is 2.09. The number of benzene rings is 1. The molecular weight excluding hydrogens is 157 g/mol. The van der Waals surface area contributed by atoms with Gasteiger partial charge in [-0.05, 0) is 24.1 Å². The molecule has 0 heterocycles. The van der Waals surface area contributed by atoms with E-state index in [0.717, 1.165) is 0 Å². The van der Waals surface area contributed by atoms with Crippen molar-refractivity contribution in [2.24, 2.45) is 5.73 Å². The highest BCUT2D eigenvalue weighted by molar-refractivity contribution is 5.29. The molecule has 1 rings (SSSR count). The molecule has 0 radical (unpaired) electrons. The van der Waals surface area contributed by atoms with E-state index in [9.17, 15) is 4.39 Å². The lowest BCUT2D eigenvalue weighted by atomic mass is 10.0. The van der Waals surface area contributed by atoms with E-state index >= 15 is 0 Å². The number of hydrogen-bond donors (Lipinski definition) is 2. The van der Waals surface area contributed by atoms with Crippen LogP contribution in [-0.4, -0.2) is 11.7 Å². The van der Waals surface area contributed by atoms with Gasteiger partial charge in [-0.15, -0.1) is 0 Å². The second-order valence-corrected chi connectivity index (χ2v) is 2.74.